The molecule has 0 amide bonds. The molecule has 4 aromatic rings. The third-order valence-corrected chi connectivity index (χ3v) is 5.08. The monoisotopic (exact) mass is 392 g/mol. The van der Waals surface area contributed by atoms with E-state index in [4.69, 9.17) is 11.5 Å². The van der Waals surface area contributed by atoms with Crippen molar-refractivity contribution in [2.24, 2.45) is 0 Å². The van der Waals surface area contributed by atoms with E-state index in [0.717, 1.165) is 33.5 Å². The second kappa shape index (κ2) is 6.85. The molecule has 4 aromatic carbocycles. The molecule has 0 unspecified atom stereocenters. The molecule has 0 heterocycles. The lowest BCUT2D eigenvalue weighted by Gasteiger charge is -2.18. The minimum atomic E-state index is -4.51. The van der Waals surface area contributed by atoms with Crippen LogP contribution in [-0.2, 0) is 6.18 Å². The van der Waals surface area contributed by atoms with Crippen LogP contribution in [0.3, 0.4) is 0 Å². The summed E-state index contributed by atoms with van der Waals surface area (Å²) >= 11 is 0. The van der Waals surface area contributed by atoms with Crippen molar-refractivity contribution in [1.82, 2.24) is 0 Å². The SMILES string of the molecule is Cc1cc(N)ccc1-c1cccc2cccc(-c3ccc(N)cc3C(F)(F)F)c12. The Morgan fingerprint density at radius 2 is 1.21 bits per heavy atom. The summed E-state index contributed by atoms with van der Waals surface area (Å²) in [7, 11) is 0. The highest BCUT2D eigenvalue weighted by molar-refractivity contribution is 6.07. The van der Waals surface area contributed by atoms with E-state index in [1.54, 1.807) is 18.2 Å². The minimum absolute atomic E-state index is 0.0796. The van der Waals surface area contributed by atoms with E-state index in [9.17, 15) is 13.2 Å². The van der Waals surface area contributed by atoms with Crippen LogP contribution < -0.4 is 11.5 Å². The van der Waals surface area contributed by atoms with Gasteiger partial charge in [0.2, 0.25) is 0 Å². The minimum Gasteiger partial charge on any atom is -0.399 e. The number of anilines is 2. The van der Waals surface area contributed by atoms with Crippen LogP contribution in [0.5, 0.6) is 0 Å². The number of hydrogen-bond donors (Lipinski definition) is 2. The van der Waals surface area contributed by atoms with Crippen molar-refractivity contribution in [1.29, 1.82) is 0 Å². The lowest BCUT2D eigenvalue weighted by molar-refractivity contribution is -0.137. The van der Waals surface area contributed by atoms with Gasteiger partial charge in [0, 0.05) is 11.4 Å². The zero-order chi connectivity index (χ0) is 20.8. The Balaban J connectivity index is 2.09. The number of rotatable bonds is 2. The van der Waals surface area contributed by atoms with Gasteiger partial charge in [-0.05, 0) is 69.8 Å². The Labute approximate surface area is 166 Å². The van der Waals surface area contributed by atoms with E-state index >= 15 is 0 Å². The predicted octanol–water partition coefficient (Wildman–Crippen LogP) is 6.67. The van der Waals surface area contributed by atoms with E-state index in [1.165, 1.54) is 12.1 Å². The van der Waals surface area contributed by atoms with E-state index in [2.05, 4.69) is 0 Å². The number of aryl methyl sites for hydroxylation is 1. The fourth-order valence-electron chi connectivity index (χ4n) is 3.81. The molecule has 0 radical (unpaired) electrons. The summed E-state index contributed by atoms with van der Waals surface area (Å²) in [6, 6.07) is 20.6. The molecule has 4 rings (SSSR count). The highest BCUT2D eigenvalue weighted by Gasteiger charge is 2.34. The largest absolute Gasteiger partial charge is 0.417 e. The van der Waals surface area contributed by atoms with Gasteiger partial charge in [0.15, 0.2) is 0 Å². The van der Waals surface area contributed by atoms with E-state index in [-0.39, 0.29) is 11.3 Å². The van der Waals surface area contributed by atoms with Gasteiger partial charge in [-0.1, -0.05) is 48.5 Å². The van der Waals surface area contributed by atoms with E-state index in [0.29, 0.717) is 11.3 Å². The molecule has 0 aliphatic heterocycles. The van der Waals surface area contributed by atoms with Crippen LogP contribution in [0.1, 0.15) is 11.1 Å². The third kappa shape index (κ3) is 3.40. The van der Waals surface area contributed by atoms with Crippen molar-refractivity contribution in [3.63, 3.8) is 0 Å². The number of alkyl halides is 3. The quantitative estimate of drug-likeness (QED) is 0.375. The number of benzene rings is 4. The fourth-order valence-corrected chi connectivity index (χ4v) is 3.81. The normalized spacial score (nSPS) is 11.7. The second-order valence-corrected chi connectivity index (χ2v) is 7.09. The average molecular weight is 392 g/mol. The first-order chi connectivity index (χ1) is 13.8. The van der Waals surface area contributed by atoms with Crippen LogP contribution >= 0.6 is 0 Å². The molecule has 5 heteroatoms. The van der Waals surface area contributed by atoms with Crippen molar-refractivity contribution >= 4 is 22.1 Å². The van der Waals surface area contributed by atoms with Crippen LogP contribution in [0, 0.1) is 6.92 Å². The molecule has 0 aromatic heterocycles. The molecular formula is C24H19F3N2. The highest BCUT2D eigenvalue weighted by atomic mass is 19.4. The molecule has 0 spiro atoms. The topological polar surface area (TPSA) is 52.0 Å². The Morgan fingerprint density at radius 1 is 0.655 bits per heavy atom. The van der Waals surface area contributed by atoms with E-state index in [1.807, 2.05) is 43.3 Å². The first-order valence-corrected chi connectivity index (χ1v) is 9.11. The van der Waals surface area contributed by atoms with Crippen LogP contribution in [0.2, 0.25) is 0 Å². The fraction of sp³-hybridized carbons (Fsp3) is 0.0833. The van der Waals surface area contributed by atoms with Crippen molar-refractivity contribution < 1.29 is 13.2 Å². The Kier molecular flexibility index (Phi) is 4.46. The first-order valence-electron chi connectivity index (χ1n) is 9.11. The van der Waals surface area contributed by atoms with Crippen LogP contribution in [0.25, 0.3) is 33.0 Å². The number of fused-ring (bicyclic) bond motifs is 1. The lowest BCUT2D eigenvalue weighted by atomic mass is 9.88. The van der Waals surface area contributed by atoms with Gasteiger partial charge in [-0.15, -0.1) is 0 Å². The third-order valence-electron chi connectivity index (χ3n) is 5.08. The van der Waals surface area contributed by atoms with Gasteiger partial charge in [-0.3, -0.25) is 0 Å². The van der Waals surface area contributed by atoms with Crippen LogP contribution in [0.15, 0.2) is 72.8 Å². The zero-order valence-corrected chi connectivity index (χ0v) is 15.7. The number of nitrogen functional groups attached to an aromatic ring is 2. The Bertz CT molecular complexity index is 1220. The number of hydrogen-bond acceptors (Lipinski definition) is 2. The molecule has 0 saturated heterocycles. The van der Waals surface area contributed by atoms with Gasteiger partial charge < -0.3 is 11.5 Å². The Hall–Kier alpha value is -3.47. The molecule has 0 saturated carbocycles. The summed E-state index contributed by atoms with van der Waals surface area (Å²) in [6.45, 7) is 1.94. The maximum Gasteiger partial charge on any atom is 0.417 e. The van der Waals surface area contributed by atoms with Crippen LogP contribution in [0.4, 0.5) is 24.5 Å². The van der Waals surface area contributed by atoms with Gasteiger partial charge in [0.1, 0.15) is 0 Å². The van der Waals surface area contributed by atoms with Crippen molar-refractivity contribution in [3.05, 3.63) is 83.9 Å². The molecule has 4 N–H and O–H groups in total. The predicted molar refractivity (Wildman–Crippen MR) is 113 cm³/mol. The summed E-state index contributed by atoms with van der Waals surface area (Å²) in [5.74, 6) is 0. The molecule has 0 atom stereocenters. The summed E-state index contributed by atoms with van der Waals surface area (Å²) in [5, 5.41) is 1.62. The molecule has 0 aliphatic carbocycles. The molecular weight excluding hydrogens is 373 g/mol. The molecule has 146 valence electrons. The summed E-state index contributed by atoms with van der Waals surface area (Å²) in [6.07, 6.45) is -4.51. The van der Waals surface area contributed by atoms with Gasteiger partial charge >= 0.3 is 6.18 Å². The van der Waals surface area contributed by atoms with Gasteiger partial charge in [-0.25, -0.2) is 0 Å². The zero-order valence-electron chi connectivity index (χ0n) is 15.7. The van der Waals surface area contributed by atoms with Gasteiger partial charge in [-0.2, -0.15) is 13.2 Å². The van der Waals surface area contributed by atoms with Gasteiger partial charge in [0.05, 0.1) is 5.56 Å². The van der Waals surface area contributed by atoms with Gasteiger partial charge in [0.25, 0.3) is 0 Å². The van der Waals surface area contributed by atoms with E-state index < -0.39 is 11.7 Å². The number of halogens is 3. The standard InChI is InChI=1S/C24H19F3N2/c1-14-12-16(28)8-10-18(14)20-6-2-4-15-5-3-7-21(23(15)20)19-11-9-17(29)13-22(19)24(25,26)27/h2-13H,28-29H2,1H3. The summed E-state index contributed by atoms with van der Waals surface area (Å²) < 4.78 is 41.3. The maximum atomic E-state index is 13.8. The highest BCUT2D eigenvalue weighted by Crippen LogP contribution is 2.43. The van der Waals surface area contributed by atoms with Crippen molar-refractivity contribution in [3.8, 4) is 22.3 Å². The summed E-state index contributed by atoms with van der Waals surface area (Å²) in [5.41, 5.74) is 14.9. The molecule has 2 nitrogen and oxygen atoms in total. The molecule has 0 fully saturated rings. The maximum absolute atomic E-state index is 13.8. The Morgan fingerprint density at radius 3 is 1.79 bits per heavy atom. The first kappa shape index (κ1) is 18.9. The van der Waals surface area contributed by atoms with Crippen LogP contribution in [-0.4, -0.2) is 0 Å². The summed E-state index contributed by atoms with van der Waals surface area (Å²) in [4.78, 5) is 0. The molecule has 0 bridgehead atoms. The second-order valence-electron chi connectivity index (χ2n) is 7.09. The van der Waals surface area contributed by atoms with Crippen molar-refractivity contribution in [2.75, 3.05) is 11.5 Å². The smallest absolute Gasteiger partial charge is 0.399 e. The van der Waals surface area contributed by atoms with Crippen molar-refractivity contribution in [2.45, 2.75) is 13.1 Å². The molecule has 0 aliphatic rings. The molecule has 29 heavy (non-hydrogen) atoms. The number of nitrogens with two attached hydrogens (primary N) is 2. The average Bonchev–Trinajstić information content (AvgIpc) is 2.66. The lowest BCUT2D eigenvalue weighted by Crippen LogP contribution is -2.08.